The Labute approximate surface area is 73.4 Å². The number of rotatable bonds is 1. The molecule has 0 unspecified atom stereocenters. The topological polar surface area (TPSA) is 133 Å². The van der Waals surface area contributed by atoms with Crippen LogP contribution in [0, 0.1) is 0 Å². The van der Waals surface area contributed by atoms with Crippen molar-refractivity contribution in [3.8, 4) is 0 Å². The number of aliphatic hydroxyl groups excluding tert-OH is 4. The minimum absolute atomic E-state index is 1.02. The number of amides is 1. The van der Waals surface area contributed by atoms with Crippen molar-refractivity contribution < 1.29 is 30.0 Å². The van der Waals surface area contributed by atoms with Gasteiger partial charge in [-0.3, -0.25) is 4.79 Å². The highest BCUT2D eigenvalue weighted by molar-refractivity contribution is 5.79. The molecule has 1 saturated heterocycles. The number of carbonyl (C=O) groups excluding carboxylic acids is 1. The fourth-order valence-corrected chi connectivity index (χ4v) is 1.10. The molecule has 1 aliphatic heterocycles. The number of primary amides is 1. The fourth-order valence-electron chi connectivity index (χ4n) is 1.10. The molecule has 6 N–H and O–H groups in total. The molecule has 0 radical (unpaired) electrons. The van der Waals surface area contributed by atoms with Gasteiger partial charge in [0, 0.05) is 0 Å². The third kappa shape index (κ3) is 1.79. The Morgan fingerprint density at radius 1 is 1.08 bits per heavy atom. The monoisotopic (exact) mass is 193 g/mol. The summed E-state index contributed by atoms with van der Waals surface area (Å²) in [6, 6.07) is 0. The molecule has 0 aromatic heterocycles. The van der Waals surface area contributed by atoms with Crippen LogP contribution in [0.4, 0.5) is 0 Å². The molecule has 76 valence electrons. The first-order chi connectivity index (χ1) is 5.95. The Bertz CT molecular complexity index is 209. The van der Waals surface area contributed by atoms with E-state index in [0.717, 1.165) is 0 Å². The van der Waals surface area contributed by atoms with Crippen molar-refractivity contribution in [3.05, 3.63) is 0 Å². The smallest absolute Gasteiger partial charge is 0.249 e. The van der Waals surface area contributed by atoms with Gasteiger partial charge in [0.25, 0.3) is 0 Å². The van der Waals surface area contributed by atoms with Crippen LogP contribution in [0.5, 0.6) is 0 Å². The van der Waals surface area contributed by atoms with E-state index < -0.39 is 36.6 Å². The summed E-state index contributed by atoms with van der Waals surface area (Å²) in [6.45, 7) is 0. The lowest BCUT2D eigenvalue weighted by Gasteiger charge is -2.36. The molecule has 1 aliphatic rings. The second-order valence-corrected chi connectivity index (χ2v) is 2.82. The Morgan fingerprint density at radius 2 is 1.62 bits per heavy atom. The van der Waals surface area contributed by atoms with Crippen LogP contribution in [-0.4, -0.2) is 57.0 Å². The minimum Gasteiger partial charge on any atom is -0.387 e. The molecule has 1 fully saturated rings. The molecule has 1 amide bonds. The van der Waals surface area contributed by atoms with Gasteiger partial charge in [0.15, 0.2) is 12.4 Å². The van der Waals surface area contributed by atoms with Crippen molar-refractivity contribution in [1.29, 1.82) is 0 Å². The summed E-state index contributed by atoms with van der Waals surface area (Å²) in [5.41, 5.74) is 4.80. The first-order valence-electron chi connectivity index (χ1n) is 3.62. The van der Waals surface area contributed by atoms with Crippen LogP contribution < -0.4 is 5.73 Å². The van der Waals surface area contributed by atoms with E-state index in [1.165, 1.54) is 0 Å². The number of nitrogens with two attached hydrogens (primary N) is 1. The highest BCUT2D eigenvalue weighted by Crippen LogP contribution is 2.19. The summed E-state index contributed by atoms with van der Waals surface area (Å²) < 4.78 is 4.46. The summed E-state index contributed by atoms with van der Waals surface area (Å²) in [5.74, 6) is -1.02. The molecule has 0 aromatic rings. The molecule has 0 spiro atoms. The Hall–Kier alpha value is -0.730. The van der Waals surface area contributed by atoms with E-state index in [-0.39, 0.29) is 0 Å². The summed E-state index contributed by atoms with van der Waals surface area (Å²) in [5, 5.41) is 36.2. The molecule has 7 heteroatoms. The van der Waals surface area contributed by atoms with E-state index in [9.17, 15) is 4.79 Å². The molecular formula is C6H11NO6. The summed E-state index contributed by atoms with van der Waals surface area (Å²) in [6.07, 6.45) is -8.16. The normalized spacial score (nSPS) is 46.0. The first kappa shape index (κ1) is 10.4. The lowest BCUT2D eigenvalue weighted by atomic mass is 9.99. The molecule has 0 bridgehead atoms. The predicted molar refractivity (Wildman–Crippen MR) is 38.1 cm³/mol. The van der Waals surface area contributed by atoms with Gasteiger partial charge in [-0.25, -0.2) is 0 Å². The predicted octanol–water partition coefficient (Wildman–Crippen LogP) is -3.73. The summed E-state index contributed by atoms with van der Waals surface area (Å²) >= 11 is 0. The standard InChI is InChI=1S/C6H11NO6/c7-5(11)4-2(9)1(8)3(10)6(12)13-4/h1-4,6,8-10,12H,(H2,7,11)/t1-,2-,3-,4-,6+/m0/s1. The average Bonchev–Trinajstić information content (AvgIpc) is 2.07. The van der Waals surface area contributed by atoms with Gasteiger partial charge in [0.1, 0.15) is 18.3 Å². The number of aliphatic hydroxyl groups is 4. The van der Waals surface area contributed by atoms with Gasteiger partial charge in [-0.15, -0.1) is 0 Å². The lowest BCUT2D eigenvalue weighted by molar-refractivity contribution is -0.275. The molecule has 1 heterocycles. The second-order valence-electron chi connectivity index (χ2n) is 2.82. The lowest BCUT2D eigenvalue weighted by Crippen LogP contribution is -2.60. The van der Waals surface area contributed by atoms with Crippen molar-refractivity contribution in [2.45, 2.75) is 30.7 Å². The Balaban J connectivity index is 2.76. The Morgan fingerprint density at radius 3 is 2.08 bits per heavy atom. The maximum absolute atomic E-state index is 10.6. The van der Waals surface area contributed by atoms with Crippen molar-refractivity contribution in [1.82, 2.24) is 0 Å². The van der Waals surface area contributed by atoms with E-state index in [2.05, 4.69) is 4.74 Å². The molecule has 0 aromatic carbocycles. The number of carbonyl (C=O) groups is 1. The third-order valence-electron chi connectivity index (χ3n) is 1.87. The highest BCUT2D eigenvalue weighted by Gasteiger charge is 2.45. The van der Waals surface area contributed by atoms with Crippen molar-refractivity contribution in [3.63, 3.8) is 0 Å². The SMILES string of the molecule is NC(=O)[C@H]1O[C@@H](O)[C@@H](O)[C@@H](O)[C@@H]1O. The van der Waals surface area contributed by atoms with E-state index in [1.54, 1.807) is 0 Å². The van der Waals surface area contributed by atoms with Gasteiger partial charge >= 0.3 is 0 Å². The van der Waals surface area contributed by atoms with Crippen LogP contribution in [-0.2, 0) is 9.53 Å². The summed E-state index contributed by atoms with van der Waals surface area (Å²) in [7, 11) is 0. The third-order valence-corrected chi connectivity index (χ3v) is 1.87. The number of hydrogen-bond donors (Lipinski definition) is 5. The van der Waals surface area contributed by atoms with E-state index in [1.807, 2.05) is 0 Å². The number of hydrogen-bond acceptors (Lipinski definition) is 6. The molecule has 13 heavy (non-hydrogen) atoms. The second kappa shape index (κ2) is 3.56. The van der Waals surface area contributed by atoms with Crippen LogP contribution >= 0.6 is 0 Å². The quantitative estimate of drug-likeness (QED) is 0.291. The summed E-state index contributed by atoms with van der Waals surface area (Å²) in [4.78, 5) is 10.6. The molecule has 5 atom stereocenters. The average molecular weight is 193 g/mol. The maximum atomic E-state index is 10.6. The Kier molecular flexibility index (Phi) is 2.84. The van der Waals surface area contributed by atoms with Gasteiger partial charge in [0.05, 0.1) is 0 Å². The van der Waals surface area contributed by atoms with E-state index >= 15 is 0 Å². The van der Waals surface area contributed by atoms with Crippen molar-refractivity contribution in [2.75, 3.05) is 0 Å². The van der Waals surface area contributed by atoms with Crippen LogP contribution in [0.25, 0.3) is 0 Å². The van der Waals surface area contributed by atoms with Gasteiger partial charge in [-0.2, -0.15) is 0 Å². The fraction of sp³-hybridized carbons (Fsp3) is 0.833. The molecular weight excluding hydrogens is 182 g/mol. The van der Waals surface area contributed by atoms with Gasteiger partial charge < -0.3 is 30.9 Å². The van der Waals surface area contributed by atoms with Crippen LogP contribution in [0.1, 0.15) is 0 Å². The van der Waals surface area contributed by atoms with Gasteiger partial charge in [-0.1, -0.05) is 0 Å². The maximum Gasteiger partial charge on any atom is 0.249 e. The molecule has 0 saturated carbocycles. The number of ether oxygens (including phenoxy) is 1. The van der Waals surface area contributed by atoms with Crippen LogP contribution in [0.15, 0.2) is 0 Å². The highest BCUT2D eigenvalue weighted by atomic mass is 16.6. The largest absolute Gasteiger partial charge is 0.387 e. The zero-order valence-corrected chi connectivity index (χ0v) is 6.57. The first-order valence-corrected chi connectivity index (χ1v) is 3.62. The van der Waals surface area contributed by atoms with Crippen molar-refractivity contribution in [2.24, 2.45) is 5.73 Å². The molecule has 1 rings (SSSR count). The van der Waals surface area contributed by atoms with Crippen LogP contribution in [0.3, 0.4) is 0 Å². The van der Waals surface area contributed by atoms with Crippen molar-refractivity contribution >= 4 is 5.91 Å². The van der Waals surface area contributed by atoms with E-state index in [4.69, 9.17) is 26.2 Å². The zero-order valence-electron chi connectivity index (χ0n) is 6.57. The molecule has 0 aliphatic carbocycles. The minimum atomic E-state index is -1.73. The zero-order chi connectivity index (χ0) is 10.2. The van der Waals surface area contributed by atoms with Gasteiger partial charge in [0.2, 0.25) is 5.91 Å². The van der Waals surface area contributed by atoms with E-state index in [0.29, 0.717) is 0 Å². The van der Waals surface area contributed by atoms with Crippen LogP contribution in [0.2, 0.25) is 0 Å². The van der Waals surface area contributed by atoms with Gasteiger partial charge in [-0.05, 0) is 0 Å². The molecule has 7 nitrogen and oxygen atoms in total.